The first-order valence-corrected chi connectivity index (χ1v) is 12.0. The van der Waals surface area contributed by atoms with Crippen LogP contribution in [-0.2, 0) is 11.3 Å². The number of aromatic nitrogens is 2. The van der Waals surface area contributed by atoms with E-state index < -0.39 is 0 Å². The highest BCUT2D eigenvalue weighted by molar-refractivity contribution is 8.00. The number of hydrogen-bond acceptors (Lipinski definition) is 7. The van der Waals surface area contributed by atoms with Crippen molar-refractivity contribution < 1.29 is 14.3 Å². The number of anilines is 2. The van der Waals surface area contributed by atoms with Crippen molar-refractivity contribution >= 4 is 40.1 Å². The maximum atomic E-state index is 13.0. The number of rotatable bonds is 8. The van der Waals surface area contributed by atoms with Gasteiger partial charge in [0.25, 0.3) is 0 Å². The first-order valence-electron chi connectivity index (χ1n) is 11.1. The zero-order chi connectivity index (χ0) is 23.3. The van der Waals surface area contributed by atoms with Crippen LogP contribution in [0.3, 0.4) is 0 Å². The fourth-order valence-electron chi connectivity index (χ4n) is 3.67. The van der Waals surface area contributed by atoms with E-state index in [4.69, 9.17) is 19.4 Å². The lowest BCUT2D eigenvalue weighted by molar-refractivity contribution is -0.115. The van der Waals surface area contributed by atoms with Gasteiger partial charge in [0.2, 0.25) is 12.7 Å². The molecular weight excluding hydrogens is 448 g/mol. The molecule has 7 nitrogen and oxygen atoms in total. The molecule has 1 aliphatic rings. The van der Waals surface area contributed by atoms with Crippen molar-refractivity contribution in [3.63, 3.8) is 0 Å². The Kier molecular flexibility index (Phi) is 6.49. The van der Waals surface area contributed by atoms with Crippen LogP contribution in [0.15, 0.2) is 78.0 Å². The van der Waals surface area contributed by atoms with Crippen LogP contribution >= 0.6 is 11.8 Å². The van der Waals surface area contributed by atoms with Gasteiger partial charge in [0.1, 0.15) is 5.82 Å². The lowest BCUT2D eigenvalue weighted by Crippen LogP contribution is -2.24. The summed E-state index contributed by atoms with van der Waals surface area (Å²) in [7, 11) is 0. The molecule has 0 bridgehead atoms. The SMILES string of the molecule is CCC(Sc1nc(NCc2ccccc2)c2ccccc2n1)C(=O)Nc1ccc2c(c1)OCO2. The summed E-state index contributed by atoms with van der Waals surface area (Å²) in [6.07, 6.45) is 0.629. The summed E-state index contributed by atoms with van der Waals surface area (Å²) in [6, 6.07) is 23.4. The summed E-state index contributed by atoms with van der Waals surface area (Å²) < 4.78 is 10.7. The maximum absolute atomic E-state index is 13.0. The lowest BCUT2D eigenvalue weighted by Gasteiger charge is -2.16. The number of carbonyl (C=O) groups is 1. The highest BCUT2D eigenvalue weighted by Crippen LogP contribution is 2.35. The van der Waals surface area contributed by atoms with E-state index >= 15 is 0 Å². The fourth-order valence-corrected chi connectivity index (χ4v) is 4.55. The Hall–Kier alpha value is -3.78. The summed E-state index contributed by atoms with van der Waals surface area (Å²) in [6.45, 7) is 2.82. The number of fused-ring (bicyclic) bond motifs is 2. The molecule has 4 aromatic rings. The molecule has 0 saturated heterocycles. The average Bonchev–Trinajstić information content (AvgIpc) is 3.34. The Morgan fingerprint density at radius 2 is 1.79 bits per heavy atom. The highest BCUT2D eigenvalue weighted by atomic mass is 32.2. The molecule has 5 rings (SSSR count). The van der Waals surface area contributed by atoms with Gasteiger partial charge in [-0.1, -0.05) is 61.2 Å². The number of carbonyl (C=O) groups excluding carboxylic acids is 1. The summed E-state index contributed by atoms with van der Waals surface area (Å²) in [5.41, 5.74) is 2.66. The number of para-hydroxylation sites is 1. The van der Waals surface area contributed by atoms with Gasteiger partial charge in [-0.2, -0.15) is 0 Å². The molecule has 2 N–H and O–H groups in total. The van der Waals surface area contributed by atoms with Crippen LogP contribution in [-0.4, -0.2) is 27.9 Å². The third-order valence-corrected chi connectivity index (χ3v) is 6.66. The van der Waals surface area contributed by atoms with E-state index in [-0.39, 0.29) is 18.0 Å². The Morgan fingerprint density at radius 1 is 1.00 bits per heavy atom. The molecule has 2 heterocycles. The van der Waals surface area contributed by atoms with Crippen molar-refractivity contribution in [2.45, 2.75) is 30.3 Å². The Labute approximate surface area is 201 Å². The number of hydrogen-bond donors (Lipinski definition) is 2. The van der Waals surface area contributed by atoms with Gasteiger partial charge in [-0.3, -0.25) is 4.79 Å². The molecule has 8 heteroatoms. The summed E-state index contributed by atoms with van der Waals surface area (Å²) >= 11 is 1.36. The largest absolute Gasteiger partial charge is 0.454 e. The minimum atomic E-state index is -0.353. The molecule has 0 saturated carbocycles. The van der Waals surface area contributed by atoms with E-state index in [1.165, 1.54) is 11.8 Å². The van der Waals surface area contributed by atoms with Gasteiger partial charge in [-0.15, -0.1) is 0 Å². The maximum Gasteiger partial charge on any atom is 0.237 e. The monoisotopic (exact) mass is 472 g/mol. The van der Waals surface area contributed by atoms with Gasteiger partial charge in [-0.25, -0.2) is 9.97 Å². The van der Waals surface area contributed by atoms with Crippen LogP contribution in [0.25, 0.3) is 10.9 Å². The van der Waals surface area contributed by atoms with Crippen molar-refractivity contribution in [1.82, 2.24) is 9.97 Å². The number of nitrogens with zero attached hydrogens (tertiary/aromatic N) is 2. The number of thioether (sulfide) groups is 1. The number of benzene rings is 3. The van der Waals surface area contributed by atoms with Gasteiger partial charge in [0.05, 0.1) is 10.8 Å². The van der Waals surface area contributed by atoms with Gasteiger partial charge in [0.15, 0.2) is 16.7 Å². The van der Waals surface area contributed by atoms with Gasteiger partial charge in [0, 0.05) is 23.7 Å². The molecule has 1 unspecified atom stereocenters. The van der Waals surface area contributed by atoms with E-state index in [1.54, 1.807) is 18.2 Å². The van der Waals surface area contributed by atoms with Gasteiger partial charge < -0.3 is 20.1 Å². The summed E-state index contributed by atoms with van der Waals surface area (Å²) in [4.78, 5) is 22.5. The Bertz CT molecular complexity index is 1320. The quantitative estimate of drug-likeness (QED) is 0.259. The number of amides is 1. The average molecular weight is 473 g/mol. The van der Waals surface area contributed by atoms with Crippen LogP contribution in [0.5, 0.6) is 11.5 Å². The van der Waals surface area contributed by atoms with Crippen molar-refractivity contribution in [2.24, 2.45) is 0 Å². The Morgan fingerprint density at radius 3 is 2.65 bits per heavy atom. The minimum absolute atomic E-state index is 0.109. The van der Waals surface area contributed by atoms with E-state index in [1.807, 2.05) is 49.4 Å². The zero-order valence-corrected chi connectivity index (χ0v) is 19.5. The second-order valence-electron chi connectivity index (χ2n) is 7.78. The van der Waals surface area contributed by atoms with Crippen LogP contribution in [0, 0.1) is 0 Å². The van der Waals surface area contributed by atoms with Crippen molar-refractivity contribution in [2.75, 3.05) is 17.4 Å². The fraction of sp³-hybridized carbons (Fsp3) is 0.192. The smallest absolute Gasteiger partial charge is 0.237 e. The van der Waals surface area contributed by atoms with E-state index in [0.29, 0.717) is 35.3 Å². The van der Waals surface area contributed by atoms with Crippen molar-refractivity contribution in [1.29, 1.82) is 0 Å². The zero-order valence-electron chi connectivity index (χ0n) is 18.7. The Balaban J connectivity index is 1.34. The number of nitrogens with one attached hydrogen (secondary N) is 2. The molecule has 172 valence electrons. The number of ether oxygens (including phenoxy) is 2. The van der Waals surface area contributed by atoms with Crippen LogP contribution in [0.1, 0.15) is 18.9 Å². The molecule has 1 aromatic heterocycles. The predicted molar refractivity (Wildman–Crippen MR) is 134 cm³/mol. The molecule has 0 fully saturated rings. The van der Waals surface area contributed by atoms with E-state index in [9.17, 15) is 4.79 Å². The second kappa shape index (κ2) is 10.0. The topological polar surface area (TPSA) is 85.4 Å². The molecule has 0 aliphatic carbocycles. The molecule has 0 radical (unpaired) electrons. The molecule has 0 spiro atoms. The molecule has 1 aliphatic heterocycles. The van der Waals surface area contributed by atoms with E-state index in [2.05, 4.69) is 22.8 Å². The first kappa shape index (κ1) is 22.0. The standard InChI is InChI=1S/C26H24N4O3S/c1-2-23(25(31)28-18-12-13-21-22(14-18)33-16-32-21)34-26-29-20-11-7-6-10-19(20)24(30-26)27-15-17-8-4-3-5-9-17/h3-14,23H,2,15-16H2,1H3,(H,28,31)(H,27,29,30). The molecule has 3 aromatic carbocycles. The minimum Gasteiger partial charge on any atom is -0.454 e. The summed E-state index contributed by atoms with van der Waals surface area (Å²) in [5, 5.41) is 7.56. The third-order valence-electron chi connectivity index (χ3n) is 5.44. The van der Waals surface area contributed by atoms with Crippen molar-refractivity contribution in [3.05, 3.63) is 78.4 Å². The third kappa shape index (κ3) is 4.92. The highest BCUT2D eigenvalue weighted by Gasteiger charge is 2.22. The summed E-state index contributed by atoms with van der Waals surface area (Å²) in [5.74, 6) is 1.95. The molecule has 1 amide bonds. The van der Waals surface area contributed by atoms with Crippen LogP contribution < -0.4 is 20.1 Å². The van der Waals surface area contributed by atoms with Crippen molar-refractivity contribution in [3.8, 4) is 11.5 Å². The van der Waals surface area contributed by atoms with Gasteiger partial charge in [-0.05, 0) is 36.2 Å². The molecule has 1 atom stereocenters. The lowest BCUT2D eigenvalue weighted by atomic mass is 10.2. The van der Waals surface area contributed by atoms with E-state index in [0.717, 1.165) is 22.3 Å². The predicted octanol–water partition coefficient (Wildman–Crippen LogP) is 5.48. The second-order valence-corrected chi connectivity index (χ2v) is 8.95. The van der Waals surface area contributed by atoms with Crippen LogP contribution in [0.4, 0.5) is 11.5 Å². The van der Waals surface area contributed by atoms with Gasteiger partial charge >= 0.3 is 0 Å². The normalized spacial score (nSPS) is 13.0. The first-order chi connectivity index (χ1) is 16.7. The molecule has 34 heavy (non-hydrogen) atoms. The van der Waals surface area contributed by atoms with Crippen LogP contribution in [0.2, 0.25) is 0 Å². The molecular formula is C26H24N4O3S.